The highest BCUT2D eigenvalue weighted by Crippen LogP contribution is 2.25. The van der Waals surface area contributed by atoms with Crippen LogP contribution in [-0.2, 0) is 9.59 Å². The Morgan fingerprint density at radius 3 is 2.43 bits per heavy atom. The highest BCUT2D eigenvalue weighted by atomic mass is 16.2. The third-order valence-electron chi connectivity index (χ3n) is 2.79. The molecule has 3 N–H and O–H groups in total. The lowest BCUT2D eigenvalue weighted by atomic mass is 9.87. The van der Waals surface area contributed by atoms with Gasteiger partial charge in [0.1, 0.15) is 0 Å². The minimum absolute atomic E-state index is 0.576. The second-order valence-corrected chi connectivity index (χ2v) is 3.91. The molecule has 1 aliphatic carbocycles. The van der Waals surface area contributed by atoms with E-state index in [2.05, 4.69) is 5.32 Å². The van der Waals surface area contributed by atoms with Crippen molar-refractivity contribution in [3.05, 3.63) is 0 Å². The van der Waals surface area contributed by atoms with Crippen molar-refractivity contribution in [2.45, 2.75) is 38.5 Å². The molecule has 0 bridgehead atoms. The number of hydrogen-bond acceptors (Lipinski definition) is 2. The third kappa shape index (κ3) is 3.77. The van der Waals surface area contributed by atoms with Crippen LogP contribution in [0.4, 0.5) is 0 Å². The van der Waals surface area contributed by atoms with Crippen molar-refractivity contribution in [3.63, 3.8) is 0 Å². The van der Waals surface area contributed by atoms with Crippen molar-refractivity contribution in [1.29, 1.82) is 0 Å². The molecular weight excluding hydrogens is 180 g/mol. The molecule has 4 nitrogen and oxygen atoms in total. The first kappa shape index (κ1) is 11.0. The highest BCUT2D eigenvalue weighted by molar-refractivity contribution is 6.34. The monoisotopic (exact) mass is 198 g/mol. The fourth-order valence-electron chi connectivity index (χ4n) is 1.95. The van der Waals surface area contributed by atoms with Gasteiger partial charge in [0.2, 0.25) is 0 Å². The van der Waals surface area contributed by atoms with Crippen LogP contribution in [0.15, 0.2) is 0 Å². The smallest absolute Gasteiger partial charge is 0.309 e. The van der Waals surface area contributed by atoms with Gasteiger partial charge in [-0.3, -0.25) is 9.59 Å². The normalized spacial score (nSPS) is 17.7. The van der Waals surface area contributed by atoms with Crippen LogP contribution in [-0.4, -0.2) is 18.4 Å². The van der Waals surface area contributed by atoms with Gasteiger partial charge in [-0.25, -0.2) is 0 Å². The molecule has 2 amide bonds. The van der Waals surface area contributed by atoms with Gasteiger partial charge in [0.15, 0.2) is 0 Å². The maximum atomic E-state index is 10.8. The maximum Gasteiger partial charge on any atom is 0.309 e. The molecule has 0 radical (unpaired) electrons. The Morgan fingerprint density at radius 2 is 1.86 bits per heavy atom. The molecule has 1 saturated carbocycles. The number of nitrogens with one attached hydrogen (secondary N) is 1. The van der Waals surface area contributed by atoms with E-state index in [0.717, 1.165) is 12.3 Å². The van der Waals surface area contributed by atoms with Crippen LogP contribution in [0, 0.1) is 5.92 Å². The fourth-order valence-corrected chi connectivity index (χ4v) is 1.95. The molecule has 0 unspecified atom stereocenters. The number of primary amides is 1. The zero-order chi connectivity index (χ0) is 10.4. The Labute approximate surface area is 84.2 Å². The van der Waals surface area contributed by atoms with E-state index < -0.39 is 11.8 Å². The first-order valence-corrected chi connectivity index (χ1v) is 5.28. The van der Waals surface area contributed by atoms with E-state index in [1.54, 1.807) is 0 Å². The molecule has 0 aromatic carbocycles. The van der Waals surface area contributed by atoms with E-state index in [0.29, 0.717) is 6.54 Å². The van der Waals surface area contributed by atoms with Crippen LogP contribution < -0.4 is 11.1 Å². The summed E-state index contributed by atoms with van der Waals surface area (Å²) in [5.41, 5.74) is 4.80. The minimum atomic E-state index is -0.895. The average molecular weight is 198 g/mol. The van der Waals surface area contributed by atoms with Crippen LogP contribution in [0.1, 0.15) is 38.5 Å². The molecule has 0 heterocycles. The summed E-state index contributed by atoms with van der Waals surface area (Å²) in [5.74, 6) is -0.841. The first-order chi connectivity index (χ1) is 6.70. The summed E-state index contributed by atoms with van der Waals surface area (Å²) in [6.07, 6.45) is 7.42. The molecular formula is C10H18N2O2. The van der Waals surface area contributed by atoms with Gasteiger partial charge in [-0.2, -0.15) is 0 Å². The number of rotatable bonds is 3. The van der Waals surface area contributed by atoms with E-state index in [4.69, 9.17) is 5.73 Å². The minimum Gasteiger partial charge on any atom is -0.361 e. The fraction of sp³-hybridized carbons (Fsp3) is 0.800. The maximum absolute atomic E-state index is 10.8. The summed E-state index contributed by atoms with van der Waals surface area (Å²) in [7, 11) is 0. The standard InChI is InChI=1S/C10H18N2O2/c11-9(13)10(14)12-7-6-8-4-2-1-3-5-8/h8H,1-7H2,(H2,11,13)(H,12,14). The Balaban J connectivity index is 2.08. The summed E-state index contributed by atoms with van der Waals surface area (Å²) >= 11 is 0. The number of nitrogens with two attached hydrogens (primary N) is 1. The third-order valence-corrected chi connectivity index (χ3v) is 2.79. The number of carbonyl (C=O) groups is 2. The summed E-state index contributed by atoms with van der Waals surface area (Å²) in [6, 6.07) is 0. The van der Waals surface area contributed by atoms with Crippen LogP contribution in [0.5, 0.6) is 0 Å². The van der Waals surface area contributed by atoms with E-state index >= 15 is 0 Å². The van der Waals surface area contributed by atoms with Crippen molar-refractivity contribution in [2.24, 2.45) is 11.7 Å². The zero-order valence-corrected chi connectivity index (χ0v) is 8.42. The summed E-state index contributed by atoms with van der Waals surface area (Å²) in [5, 5.41) is 2.52. The molecule has 14 heavy (non-hydrogen) atoms. The van der Waals surface area contributed by atoms with Crippen LogP contribution in [0.3, 0.4) is 0 Å². The Kier molecular flexibility index (Phi) is 4.43. The Hall–Kier alpha value is -1.06. The quantitative estimate of drug-likeness (QED) is 0.650. The van der Waals surface area contributed by atoms with Crippen LogP contribution >= 0.6 is 0 Å². The number of amides is 2. The lowest BCUT2D eigenvalue weighted by molar-refractivity contribution is -0.137. The first-order valence-electron chi connectivity index (χ1n) is 5.28. The Morgan fingerprint density at radius 1 is 1.21 bits per heavy atom. The molecule has 0 aliphatic heterocycles. The van der Waals surface area contributed by atoms with Gasteiger partial charge in [0.05, 0.1) is 0 Å². The second-order valence-electron chi connectivity index (χ2n) is 3.91. The number of carbonyl (C=O) groups excluding carboxylic acids is 2. The lowest BCUT2D eigenvalue weighted by Gasteiger charge is -2.21. The SMILES string of the molecule is NC(=O)C(=O)NCCC1CCCCC1. The Bertz CT molecular complexity index is 210. The van der Waals surface area contributed by atoms with E-state index in [9.17, 15) is 9.59 Å². The van der Waals surface area contributed by atoms with E-state index in [1.165, 1.54) is 32.1 Å². The largest absolute Gasteiger partial charge is 0.361 e. The van der Waals surface area contributed by atoms with Crippen molar-refractivity contribution >= 4 is 11.8 Å². The van der Waals surface area contributed by atoms with Gasteiger partial charge in [-0.05, 0) is 12.3 Å². The average Bonchev–Trinajstić information content (AvgIpc) is 2.19. The van der Waals surface area contributed by atoms with Crippen molar-refractivity contribution in [3.8, 4) is 0 Å². The predicted molar refractivity (Wildman–Crippen MR) is 53.4 cm³/mol. The molecule has 0 saturated heterocycles. The van der Waals surface area contributed by atoms with Gasteiger partial charge in [-0.15, -0.1) is 0 Å². The molecule has 0 atom stereocenters. The van der Waals surface area contributed by atoms with Crippen molar-refractivity contribution < 1.29 is 9.59 Å². The molecule has 0 spiro atoms. The molecule has 1 aliphatic rings. The van der Waals surface area contributed by atoms with Crippen LogP contribution in [0.25, 0.3) is 0 Å². The summed E-state index contributed by atoms with van der Waals surface area (Å²) in [6.45, 7) is 0.576. The van der Waals surface area contributed by atoms with Gasteiger partial charge in [0.25, 0.3) is 0 Å². The van der Waals surface area contributed by atoms with Crippen molar-refractivity contribution in [1.82, 2.24) is 5.32 Å². The summed E-state index contributed by atoms with van der Waals surface area (Å²) < 4.78 is 0. The summed E-state index contributed by atoms with van der Waals surface area (Å²) in [4.78, 5) is 21.2. The molecule has 80 valence electrons. The van der Waals surface area contributed by atoms with E-state index in [1.807, 2.05) is 0 Å². The molecule has 1 fully saturated rings. The zero-order valence-electron chi connectivity index (χ0n) is 8.42. The number of hydrogen-bond donors (Lipinski definition) is 2. The van der Waals surface area contributed by atoms with E-state index in [-0.39, 0.29) is 0 Å². The molecule has 4 heteroatoms. The van der Waals surface area contributed by atoms with Gasteiger partial charge >= 0.3 is 11.8 Å². The van der Waals surface area contributed by atoms with Crippen LogP contribution in [0.2, 0.25) is 0 Å². The molecule has 0 aromatic rings. The van der Waals surface area contributed by atoms with Crippen molar-refractivity contribution in [2.75, 3.05) is 6.54 Å². The topological polar surface area (TPSA) is 72.2 Å². The molecule has 1 rings (SSSR count). The molecule has 0 aromatic heterocycles. The highest BCUT2D eigenvalue weighted by Gasteiger charge is 2.14. The van der Waals surface area contributed by atoms with Gasteiger partial charge in [-0.1, -0.05) is 32.1 Å². The second kappa shape index (κ2) is 5.62. The lowest BCUT2D eigenvalue weighted by Crippen LogP contribution is -2.37. The van der Waals surface area contributed by atoms with Gasteiger partial charge < -0.3 is 11.1 Å². The van der Waals surface area contributed by atoms with Gasteiger partial charge in [0, 0.05) is 6.54 Å². The predicted octanol–water partition coefficient (Wildman–Crippen LogP) is 0.558.